The topological polar surface area (TPSA) is 70.2 Å². The molecule has 0 fully saturated rings. The molecule has 6 heteroatoms. The molecule has 0 saturated heterocycles. The van der Waals surface area contributed by atoms with Crippen LogP contribution in [0.4, 0.5) is 5.69 Å². The lowest BCUT2D eigenvalue weighted by molar-refractivity contribution is -0.121. The summed E-state index contributed by atoms with van der Waals surface area (Å²) in [6.45, 7) is 1.31. The van der Waals surface area contributed by atoms with Crippen LogP contribution in [0.2, 0.25) is 5.02 Å². The highest BCUT2D eigenvalue weighted by atomic mass is 35.5. The Bertz CT molecular complexity index is 980. The van der Waals surface area contributed by atoms with Crippen LogP contribution in [0.25, 0.3) is 0 Å². The quantitative estimate of drug-likeness (QED) is 0.400. The summed E-state index contributed by atoms with van der Waals surface area (Å²) in [6.07, 6.45) is 0.939. The third-order valence-electron chi connectivity index (χ3n) is 4.79. The summed E-state index contributed by atoms with van der Waals surface area (Å²) in [4.78, 5) is 25.3. The van der Waals surface area contributed by atoms with Gasteiger partial charge in [0, 0.05) is 18.8 Å². The minimum atomic E-state index is -0.451. The van der Waals surface area contributed by atoms with Gasteiger partial charge in [-0.25, -0.2) is 0 Å². The number of anilines is 1. The van der Waals surface area contributed by atoms with Crippen molar-refractivity contribution >= 4 is 29.1 Å². The predicted octanol–water partition coefficient (Wildman–Crippen LogP) is 4.82. The summed E-state index contributed by atoms with van der Waals surface area (Å²) >= 11 is 6.15. The van der Waals surface area contributed by atoms with Crippen molar-refractivity contribution in [1.82, 2.24) is 10.6 Å². The van der Waals surface area contributed by atoms with E-state index in [0.29, 0.717) is 17.1 Å². The molecular weight excluding hydrogens is 410 g/mol. The van der Waals surface area contributed by atoms with Gasteiger partial charge in [0.15, 0.2) is 0 Å². The Balaban J connectivity index is 1.53. The maximum atomic E-state index is 12.7. The molecule has 0 saturated carbocycles. The summed E-state index contributed by atoms with van der Waals surface area (Å²) in [5.74, 6) is -0.424. The van der Waals surface area contributed by atoms with Crippen LogP contribution in [0, 0.1) is 0 Å². The van der Waals surface area contributed by atoms with Crippen molar-refractivity contribution in [3.05, 3.63) is 101 Å². The number of nitrogens with one attached hydrogen (secondary N) is 3. The van der Waals surface area contributed by atoms with E-state index in [9.17, 15) is 9.59 Å². The molecule has 0 aliphatic carbocycles. The van der Waals surface area contributed by atoms with Crippen molar-refractivity contribution in [2.45, 2.75) is 18.9 Å². The van der Waals surface area contributed by atoms with Gasteiger partial charge in [0.2, 0.25) is 5.91 Å². The summed E-state index contributed by atoms with van der Waals surface area (Å²) < 4.78 is 0. The predicted molar refractivity (Wildman–Crippen MR) is 125 cm³/mol. The third-order valence-corrected chi connectivity index (χ3v) is 5.12. The Kier molecular flexibility index (Phi) is 8.49. The van der Waals surface area contributed by atoms with Gasteiger partial charge in [-0.1, -0.05) is 72.3 Å². The zero-order valence-corrected chi connectivity index (χ0v) is 17.9. The molecule has 0 aliphatic heterocycles. The number of benzene rings is 3. The molecule has 3 rings (SSSR count). The zero-order chi connectivity index (χ0) is 21.9. The van der Waals surface area contributed by atoms with Gasteiger partial charge in [0.05, 0.1) is 23.0 Å². The van der Waals surface area contributed by atoms with Crippen LogP contribution in [0.1, 0.15) is 34.8 Å². The van der Waals surface area contributed by atoms with Crippen molar-refractivity contribution in [3.8, 4) is 0 Å². The SMILES string of the molecule is O=C(CC(NC(=O)c1ccccc1Cl)c1ccccc1)NCCCNc1ccccc1. The Morgan fingerprint density at radius 2 is 1.45 bits per heavy atom. The molecule has 3 aromatic carbocycles. The van der Waals surface area contributed by atoms with Crippen LogP contribution in [-0.4, -0.2) is 24.9 Å². The molecule has 0 heterocycles. The second-order valence-electron chi connectivity index (χ2n) is 7.12. The van der Waals surface area contributed by atoms with Gasteiger partial charge < -0.3 is 16.0 Å². The highest BCUT2D eigenvalue weighted by molar-refractivity contribution is 6.33. The average molecular weight is 436 g/mol. The average Bonchev–Trinajstić information content (AvgIpc) is 2.80. The lowest BCUT2D eigenvalue weighted by atomic mass is 10.0. The molecule has 0 spiro atoms. The molecular formula is C25H26ClN3O2. The van der Waals surface area contributed by atoms with Crippen LogP contribution < -0.4 is 16.0 Å². The number of halogens is 1. The fourth-order valence-electron chi connectivity index (χ4n) is 3.18. The van der Waals surface area contributed by atoms with Crippen LogP contribution >= 0.6 is 11.6 Å². The third kappa shape index (κ3) is 7.15. The number of hydrogen-bond acceptors (Lipinski definition) is 3. The molecule has 31 heavy (non-hydrogen) atoms. The van der Waals surface area contributed by atoms with E-state index in [4.69, 9.17) is 11.6 Å². The van der Waals surface area contributed by atoms with E-state index in [0.717, 1.165) is 24.2 Å². The lowest BCUT2D eigenvalue weighted by Crippen LogP contribution is -2.34. The van der Waals surface area contributed by atoms with Gasteiger partial charge in [-0.3, -0.25) is 9.59 Å². The van der Waals surface area contributed by atoms with Crippen molar-refractivity contribution in [3.63, 3.8) is 0 Å². The number of rotatable bonds is 10. The van der Waals surface area contributed by atoms with Crippen molar-refractivity contribution < 1.29 is 9.59 Å². The van der Waals surface area contributed by atoms with Gasteiger partial charge in [-0.05, 0) is 36.2 Å². The Morgan fingerprint density at radius 3 is 2.16 bits per heavy atom. The number of para-hydroxylation sites is 1. The molecule has 5 nitrogen and oxygen atoms in total. The molecule has 0 radical (unpaired) electrons. The van der Waals surface area contributed by atoms with E-state index in [-0.39, 0.29) is 18.2 Å². The second-order valence-corrected chi connectivity index (χ2v) is 7.52. The molecule has 3 aromatic rings. The van der Waals surface area contributed by atoms with Gasteiger partial charge >= 0.3 is 0 Å². The van der Waals surface area contributed by atoms with E-state index in [2.05, 4.69) is 16.0 Å². The van der Waals surface area contributed by atoms with Crippen LogP contribution in [0.5, 0.6) is 0 Å². The number of carbonyl (C=O) groups is 2. The van der Waals surface area contributed by atoms with Crippen LogP contribution in [0.3, 0.4) is 0 Å². The molecule has 0 aliphatic rings. The molecule has 1 unspecified atom stereocenters. The van der Waals surface area contributed by atoms with Crippen molar-refractivity contribution in [1.29, 1.82) is 0 Å². The fourth-order valence-corrected chi connectivity index (χ4v) is 3.40. The second kappa shape index (κ2) is 11.8. The van der Waals surface area contributed by atoms with E-state index in [1.165, 1.54) is 0 Å². The Morgan fingerprint density at radius 1 is 0.806 bits per heavy atom. The minimum Gasteiger partial charge on any atom is -0.385 e. The number of amides is 2. The first-order valence-electron chi connectivity index (χ1n) is 10.3. The highest BCUT2D eigenvalue weighted by Crippen LogP contribution is 2.20. The van der Waals surface area contributed by atoms with E-state index in [1.807, 2.05) is 60.7 Å². The zero-order valence-electron chi connectivity index (χ0n) is 17.2. The molecule has 0 bridgehead atoms. The largest absolute Gasteiger partial charge is 0.385 e. The normalized spacial score (nSPS) is 11.4. The smallest absolute Gasteiger partial charge is 0.253 e. The summed E-state index contributed by atoms with van der Waals surface area (Å²) in [7, 11) is 0. The molecule has 1 atom stereocenters. The molecule has 2 amide bonds. The summed E-state index contributed by atoms with van der Waals surface area (Å²) in [5, 5.41) is 9.58. The van der Waals surface area contributed by atoms with Gasteiger partial charge in [0.1, 0.15) is 0 Å². The molecule has 160 valence electrons. The van der Waals surface area contributed by atoms with Crippen molar-refractivity contribution in [2.75, 3.05) is 18.4 Å². The van der Waals surface area contributed by atoms with Gasteiger partial charge in [-0.15, -0.1) is 0 Å². The highest BCUT2D eigenvalue weighted by Gasteiger charge is 2.20. The lowest BCUT2D eigenvalue weighted by Gasteiger charge is -2.19. The summed E-state index contributed by atoms with van der Waals surface area (Å²) in [5.41, 5.74) is 2.31. The summed E-state index contributed by atoms with van der Waals surface area (Å²) in [6, 6.07) is 25.8. The first kappa shape index (κ1) is 22.4. The van der Waals surface area contributed by atoms with Gasteiger partial charge in [0.25, 0.3) is 5.91 Å². The monoisotopic (exact) mass is 435 g/mol. The molecule has 0 aromatic heterocycles. The van der Waals surface area contributed by atoms with Crippen molar-refractivity contribution in [2.24, 2.45) is 0 Å². The van der Waals surface area contributed by atoms with E-state index < -0.39 is 6.04 Å². The number of carbonyl (C=O) groups excluding carboxylic acids is 2. The maximum absolute atomic E-state index is 12.7. The van der Waals surface area contributed by atoms with Crippen LogP contribution in [-0.2, 0) is 4.79 Å². The Labute approximate surface area is 187 Å². The first-order chi connectivity index (χ1) is 15.1. The minimum absolute atomic E-state index is 0.118. The number of hydrogen-bond donors (Lipinski definition) is 3. The molecule has 3 N–H and O–H groups in total. The Hall–Kier alpha value is -3.31. The fraction of sp³-hybridized carbons (Fsp3) is 0.200. The first-order valence-corrected chi connectivity index (χ1v) is 10.7. The maximum Gasteiger partial charge on any atom is 0.253 e. The van der Waals surface area contributed by atoms with Gasteiger partial charge in [-0.2, -0.15) is 0 Å². The van der Waals surface area contributed by atoms with E-state index in [1.54, 1.807) is 24.3 Å². The van der Waals surface area contributed by atoms with E-state index >= 15 is 0 Å². The standard InChI is InChI=1S/C25H26ClN3O2/c26-22-15-8-7-14-21(22)25(31)29-23(19-10-3-1-4-11-19)18-24(30)28-17-9-16-27-20-12-5-2-6-13-20/h1-8,10-15,23,27H,9,16-18H2,(H,28,30)(H,29,31). The van der Waals surface area contributed by atoms with Crippen LogP contribution in [0.15, 0.2) is 84.9 Å².